The number of piperidine rings is 1. The fourth-order valence-electron chi connectivity index (χ4n) is 2.56. The SMILES string of the molecule is CCOC(=O)C1CCCN(c2ccc(Br)cc2[N+](=O)[O-])C1. The molecule has 1 aromatic carbocycles. The molecule has 1 aliphatic heterocycles. The highest BCUT2D eigenvalue weighted by Gasteiger charge is 2.30. The molecular formula is C14H17BrN2O4. The van der Waals surface area contributed by atoms with E-state index in [9.17, 15) is 14.9 Å². The second-order valence-corrected chi connectivity index (χ2v) is 5.84. The van der Waals surface area contributed by atoms with Gasteiger partial charge in [0, 0.05) is 23.6 Å². The number of halogens is 1. The van der Waals surface area contributed by atoms with Gasteiger partial charge in [-0.3, -0.25) is 14.9 Å². The Hall–Kier alpha value is -1.63. The van der Waals surface area contributed by atoms with Crippen LogP contribution in [0.3, 0.4) is 0 Å². The van der Waals surface area contributed by atoms with Crippen LogP contribution in [-0.2, 0) is 9.53 Å². The molecule has 1 unspecified atom stereocenters. The van der Waals surface area contributed by atoms with Gasteiger partial charge in [0.1, 0.15) is 5.69 Å². The maximum absolute atomic E-state index is 11.9. The number of rotatable bonds is 4. The van der Waals surface area contributed by atoms with Crippen molar-refractivity contribution in [1.82, 2.24) is 0 Å². The summed E-state index contributed by atoms with van der Waals surface area (Å²) in [5.41, 5.74) is 0.603. The van der Waals surface area contributed by atoms with Crippen LogP contribution in [-0.4, -0.2) is 30.6 Å². The van der Waals surface area contributed by atoms with Crippen LogP contribution in [0.4, 0.5) is 11.4 Å². The number of nitro groups is 1. The van der Waals surface area contributed by atoms with Crippen LogP contribution in [0, 0.1) is 16.0 Å². The van der Waals surface area contributed by atoms with Gasteiger partial charge in [-0.05, 0) is 31.9 Å². The van der Waals surface area contributed by atoms with Gasteiger partial charge in [0.2, 0.25) is 0 Å². The van der Waals surface area contributed by atoms with E-state index in [2.05, 4.69) is 15.9 Å². The molecule has 114 valence electrons. The fourth-order valence-corrected chi connectivity index (χ4v) is 2.91. The number of carbonyl (C=O) groups excluding carboxylic acids is 1. The van der Waals surface area contributed by atoms with E-state index in [1.807, 2.05) is 4.90 Å². The Bertz CT molecular complexity index is 550. The Labute approximate surface area is 131 Å². The molecule has 1 aromatic rings. The highest BCUT2D eigenvalue weighted by Crippen LogP contribution is 2.34. The molecule has 0 bridgehead atoms. The molecular weight excluding hydrogens is 340 g/mol. The minimum absolute atomic E-state index is 0.0499. The largest absolute Gasteiger partial charge is 0.466 e. The van der Waals surface area contributed by atoms with Crippen LogP contribution < -0.4 is 4.90 Å². The van der Waals surface area contributed by atoms with Crippen molar-refractivity contribution in [3.05, 3.63) is 32.8 Å². The Morgan fingerprint density at radius 3 is 3.00 bits per heavy atom. The van der Waals surface area contributed by atoms with E-state index < -0.39 is 4.92 Å². The van der Waals surface area contributed by atoms with E-state index in [-0.39, 0.29) is 17.6 Å². The molecule has 2 rings (SSSR count). The summed E-state index contributed by atoms with van der Waals surface area (Å²) >= 11 is 3.25. The third-order valence-corrected chi connectivity index (χ3v) is 4.01. The summed E-state index contributed by atoms with van der Waals surface area (Å²) in [6.45, 7) is 3.30. The van der Waals surface area contributed by atoms with Crippen LogP contribution in [0.25, 0.3) is 0 Å². The molecule has 0 saturated carbocycles. The lowest BCUT2D eigenvalue weighted by atomic mass is 9.97. The molecule has 0 spiro atoms. The van der Waals surface area contributed by atoms with Crippen molar-refractivity contribution in [3.63, 3.8) is 0 Å². The van der Waals surface area contributed by atoms with Crippen LogP contribution in [0.2, 0.25) is 0 Å². The number of nitro benzene ring substituents is 1. The normalized spacial score (nSPS) is 18.4. The first-order valence-corrected chi connectivity index (χ1v) is 7.67. The minimum atomic E-state index is -0.395. The van der Waals surface area contributed by atoms with Crippen LogP contribution in [0.1, 0.15) is 19.8 Å². The highest BCUT2D eigenvalue weighted by atomic mass is 79.9. The number of ether oxygens (including phenoxy) is 1. The zero-order valence-corrected chi connectivity index (χ0v) is 13.3. The van der Waals surface area contributed by atoms with Gasteiger partial charge in [0.15, 0.2) is 0 Å². The van der Waals surface area contributed by atoms with Crippen molar-refractivity contribution in [2.45, 2.75) is 19.8 Å². The van der Waals surface area contributed by atoms with Gasteiger partial charge in [-0.15, -0.1) is 0 Å². The van der Waals surface area contributed by atoms with Gasteiger partial charge in [0.05, 0.1) is 17.4 Å². The summed E-state index contributed by atoms with van der Waals surface area (Å²) in [5.74, 6) is -0.441. The van der Waals surface area contributed by atoms with Gasteiger partial charge in [-0.2, -0.15) is 0 Å². The fraction of sp³-hybridized carbons (Fsp3) is 0.500. The number of esters is 1. The van der Waals surface area contributed by atoms with Crippen molar-refractivity contribution in [2.75, 3.05) is 24.6 Å². The monoisotopic (exact) mass is 356 g/mol. The molecule has 1 saturated heterocycles. The second kappa shape index (κ2) is 6.89. The third-order valence-electron chi connectivity index (χ3n) is 3.52. The van der Waals surface area contributed by atoms with Crippen LogP contribution >= 0.6 is 15.9 Å². The van der Waals surface area contributed by atoms with Gasteiger partial charge < -0.3 is 9.64 Å². The zero-order valence-electron chi connectivity index (χ0n) is 11.8. The first kappa shape index (κ1) is 15.8. The summed E-state index contributed by atoms with van der Waals surface area (Å²) < 4.78 is 5.72. The van der Waals surface area contributed by atoms with Gasteiger partial charge >= 0.3 is 5.97 Å². The van der Waals surface area contributed by atoms with E-state index >= 15 is 0 Å². The lowest BCUT2D eigenvalue weighted by Gasteiger charge is -2.32. The molecule has 1 atom stereocenters. The van der Waals surface area contributed by atoms with Gasteiger partial charge in [0.25, 0.3) is 5.69 Å². The first-order chi connectivity index (χ1) is 10.0. The summed E-state index contributed by atoms with van der Waals surface area (Å²) in [6, 6.07) is 4.98. The van der Waals surface area contributed by atoms with E-state index in [0.717, 1.165) is 12.8 Å². The number of anilines is 1. The van der Waals surface area contributed by atoms with Crippen molar-refractivity contribution >= 4 is 33.3 Å². The molecule has 21 heavy (non-hydrogen) atoms. The molecule has 0 radical (unpaired) electrons. The van der Waals surface area contributed by atoms with Crippen molar-refractivity contribution < 1.29 is 14.5 Å². The Morgan fingerprint density at radius 1 is 1.57 bits per heavy atom. The maximum atomic E-state index is 11.9. The van der Waals surface area contributed by atoms with Crippen molar-refractivity contribution in [1.29, 1.82) is 0 Å². The number of hydrogen-bond acceptors (Lipinski definition) is 5. The van der Waals surface area contributed by atoms with Gasteiger partial charge in [-0.1, -0.05) is 15.9 Å². The first-order valence-electron chi connectivity index (χ1n) is 6.88. The minimum Gasteiger partial charge on any atom is -0.466 e. The summed E-state index contributed by atoms with van der Waals surface area (Å²) in [6.07, 6.45) is 1.58. The predicted octanol–water partition coefficient (Wildman–Crippen LogP) is 3.14. The van der Waals surface area contributed by atoms with Crippen LogP contribution in [0.5, 0.6) is 0 Å². The summed E-state index contributed by atoms with van der Waals surface area (Å²) in [7, 11) is 0. The Balaban J connectivity index is 2.22. The molecule has 6 nitrogen and oxygen atoms in total. The molecule has 1 aliphatic rings. The zero-order chi connectivity index (χ0) is 15.4. The van der Waals surface area contributed by atoms with E-state index in [1.165, 1.54) is 6.07 Å². The van der Waals surface area contributed by atoms with Gasteiger partial charge in [-0.25, -0.2) is 0 Å². The lowest BCUT2D eigenvalue weighted by molar-refractivity contribution is -0.384. The van der Waals surface area contributed by atoms with Crippen molar-refractivity contribution in [2.24, 2.45) is 5.92 Å². The van der Waals surface area contributed by atoms with Crippen molar-refractivity contribution in [3.8, 4) is 0 Å². The topological polar surface area (TPSA) is 72.7 Å². The average Bonchev–Trinajstić information content (AvgIpc) is 2.47. The molecule has 1 fully saturated rings. The average molecular weight is 357 g/mol. The van der Waals surface area contributed by atoms with E-state index in [0.29, 0.717) is 29.9 Å². The smallest absolute Gasteiger partial charge is 0.310 e. The number of nitrogens with zero attached hydrogens (tertiary/aromatic N) is 2. The van der Waals surface area contributed by atoms with E-state index in [4.69, 9.17) is 4.74 Å². The molecule has 1 heterocycles. The summed E-state index contributed by atoms with van der Waals surface area (Å²) in [5, 5.41) is 11.2. The third kappa shape index (κ3) is 3.72. The number of hydrogen-bond donors (Lipinski definition) is 0. The van der Waals surface area contributed by atoms with E-state index in [1.54, 1.807) is 19.1 Å². The molecule has 0 N–H and O–H groups in total. The molecule has 7 heteroatoms. The van der Waals surface area contributed by atoms with Crippen LogP contribution in [0.15, 0.2) is 22.7 Å². The Morgan fingerprint density at radius 2 is 2.33 bits per heavy atom. The predicted molar refractivity (Wildman–Crippen MR) is 82.4 cm³/mol. The standard InChI is InChI=1S/C14H17BrN2O4/c1-2-21-14(18)10-4-3-7-16(9-10)12-6-5-11(15)8-13(12)17(19)20/h5-6,8,10H,2-4,7,9H2,1H3. The highest BCUT2D eigenvalue weighted by molar-refractivity contribution is 9.10. The molecule has 0 aromatic heterocycles. The lowest BCUT2D eigenvalue weighted by Crippen LogP contribution is -2.39. The summed E-state index contributed by atoms with van der Waals surface area (Å²) in [4.78, 5) is 24.6. The quantitative estimate of drug-likeness (QED) is 0.470. The second-order valence-electron chi connectivity index (χ2n) is 4.93. The Kier molecular flexibility index (Phi) is 5.17. The molecule has 0 amide bonds. The number of carbonyl (C=O) groups is 1. The molecule has 0 aliphatic carbocycles. The maximum Gasteiger partial charge on any atom is 0.310 e. The number of benzene rings is 1.